The average Bonchev–Trinajstić information content (AvgIpc) is 2.90. The number of halogens is 1. The highest BCUT2D eigenvalue weighted by molar-refractivity contribution is 6.33. The molecule has 3 rings (SSSR count). The van der Waals surface area contributed by atoms with E-state index in [0.29, 0.717) is 23.0 Å². The van der Waals surface area contributed by atoms with Gasteiger partial charge in [-0.2, -0.15) is 5.10 Å². The molecular weight excluding hydrogens is 336 g/mol. The quantitative estimate of drug-likeness (QED) is 0.758. The number of benzene rings is 1. The van der Waals surface area contributed by atoms with Crippen LogP contribution in [-0.4, -0.2) is 20.7 Å². The third kappa shape index (κ3) is 3.88. The van der Waals surface area contributed by atoms with Crippen LogP contribution in [-0.2, 0) is 6.54 Å². The molecule has 0 spiro atoms. The van der Waals surface area contributed by atoms with Crippen LogP contribution in [0.5, 0.6) is 0 Å². The summed E-state index contributed by atoms with van der Waals surface area (Å²) in [6.45, 7) is 4.23. The number of nitrogens with zero attached hydrogens (tertiary/aromatic N) is 3. The zero-order valence-corrected chi connectivity index (χ0v) is 14.9. The van der Waals surface area contributed by atoms with Crippen LogP contribution in [0.4, 0.5) is 0 Å². The lowest BCUT2D eigenvalue weighted by molar-refractivity contribution is 0.0939. The summed E-state index contributed by atoms with van der Waals surface area (Å²) in [6.07, 6.45) is 3.40. The molecule has 25 heavy (non-hydrogen) atoms. The molecule has 128 valence electrons. The fourth-order valence-corrected chi connectivity index (χ4v) is 3.00. The third-order valence-corrected chi connectivity index (χ3v) is 4.41. The molecule has 0 aliphatic carbocycles. The van der Waals surface area contributed by atoms with Gasteiger partial charge in [0.1, 0.15) is 5.15 Å². The largest absolute Gasteiger partial charge is 0.345 e. The predicted octanol–water partition coefficient (Wildman–Crippen LogP) is 3.78. The molecule has 0 saturated carbocycles. The van der Waals surface area contributed by atoms with E-state index in [1.165, 1.54) is 0 Å². The number of carbonyl (C=O) groups is 1. The lowest BCUT2D eigenvalue weighted by atomic mass is 10.1. The first kappa shape index (κ1) is 17.2. The maximum absolute atomic E-state index is 12.7. The standard InChI is InChI=1S/C19H19ClN4O/c1-13(16-8-10-21-11-9-16)22-19(25)17-14(2)23-24(18(17)20)12-15-6-4-3-5-7-15/h3-11,13H,12H2,1-2H3,(H,22,25). The molecule has 1 unspecified atom stereocenters. The zero-order valence-electron chi connectivity index (χ0n) is 14.1. The summed E-state index contributed by atoms with van der Waals surface area (Å²) in [7, 11) is 0. The van der Waals surface area contributed by atoms with Crippen LogP contribution >= 0.6 is 11.6 Å². The summed E-state index contributed by atoms with van der Waals surface area (Å²) >= 11 is 6.43. The highest BCUT2D eigenvalue weighted by atomic mass is 35.5. The summed E-state index contributed by atoms with van der Waals surface area (Å²) in [4.78, 5) is 16.7. The molecule has 0 aliphatic rings. The fourth-order valence-electron chi connectivity index (χ4n) is 2.68. The number of pyridine rings is 1. The van der Waals surface area contributed by atoms with Crippen LogP contribution in [0.3, 0.4) is 0 Å². The van der Waals surface area contributed by atoms with Crippen LogP contribution < -0.4 is 5.32 Å². The van der Waals surface area contributed by atoms with Gasteiger partial charge < -0.3 is 5.32 Å². The van der Waals surface area contributed by atoms with E-state index in [9.17, 15) is 4.79 Å². The molecule has 0 fully saturated rings. The molecule has 6 heteroatoms. The second-order valence-corrected chi connectivity index (χ2v) is 6.23. The Balaban J connectivity index is 1.79. The molecule has 0 radical (unpaired) electrons. The number of hydrogen-bond donors (Lipinski definition) is 1. The van der Waals surface area contributed by atoms with Crippen LogP contribution in [0.1, 0.15) is 40.1 Å². The van der Waals surface area contributed by atoms with Gasteiger partial charge in [-0.15, -0.1) is 0 Å². The van der Waals surface area contributed by atoms with E-state index in [-0.39, 0.29) is 11.9 Å². The van der Waals surface area contributed by atoms with E-state index in [0.717, 1.165) is 11.1 Å². The van der Waals surface area contributed by atoms with Crippen molar-refractivity contribution in [2.75, 3.05) is 0 Å². The van der Waals surface area contributed by atoms with Gasteiger partial charge in [0, 0.05) is 12.4 Å². The molecular formula is C19H19ClN4O. The number of hydrogen-bond acceptors (Lipinski definition) is 3. The first-order valence-corrected chi connectivity index (χ1v) is 8.41. The van der Waals surface area contributed by atoms with Crippen molar-refractivity contribution >= 4 is 17.5 Å². The Morgan fingerprint density at radius 1 is 1.20 bits per heavy atom. The monoisotopic (exact) mass is 354 g/mol. The van der Waals surface area contributed by atoms with Crippen molar-refractivity contribution in [3.63, 3.8) is 0 Å². The molecule has 1 N–H and O–H groups in total. The van der Waals surface area contributed by atoms with Crippen molar-refractivity contribution in [1.82, 2.24) is 20.1 Å². The number of aryl methyl sites for hydroxylation is 1. The van der Waals surface area contributed by atoms with Crippen LogP contribution in [0.2, 0.25) is 5.15 Å². The van der Waals surface area contributed by atoms with E-state index in [2.05, 4.69) is 15.4 Å². The molecule has 0 bridgehead atoms. The maximum Gasteiger partial charge on any atom is 0.256 e. The molecule has 0 aliphatic heterocycles. The minimum Gasteiger partial charge on any atom is -0.345 e. The highest BCUT2D eigenvalue weighted by Crippen LogP contribution is 2.22. The number of nitrogens with one attached hydrogen (secondary N) is 1. The second kappa shape index (κ2) is 7.49. The van der Waals surface area contributed by atoms with Gasteiger partial charge in [0.15, 0.2) is 0 Å². The SMILES string of the molecule is Cc1nn(Cc2ccccc2)c(Cl)c1C(=O)NC(C)c1ccncc1. The van der Waals surface area contributed by atoms with Crippen molar-refractivity contribution in [3.8, 4) is 0 Å². The second-order valence-electron chi connectivity index (χ2n) is 5.87. The normalized spacial score (nSPS) is 12.0. The Hall–Kier alpha value is -2.66. The summed E-state index contributed by atoms with van der Waals surface area (Å²) in [6, 6.07) is 13.5. The van der Waals surface area contributed by atoms with Gasteiger partial charge in [0.05, 0.1) is 23.8 Å². The maximum atomic E-state index is 12.7. The van der Waals surface area contributed by atoms with Crippen LogP contribution in [0.25, 0.3) is 0 Å². The van der Waals surface area contributed by atoms with Crippen molar-refractivity contribution in [2.45, 2.75) is 26.4 Å². The Labute approximate surface area is 151 Å². The van der Waals surface area contributed by atoms with Crippen LogP contribution in [0.15, 0.2) is 54.9 Å². The molecule has 1 atom stereocenters. The molecule has 5 nitrogen and oxygen atoms in total. The highest BCUT2D eigenvalue weighted by Gasteiger charge is 2.22. The van der Waals surface area contributed by atoms with E-state index in [1.807, 2.05) is 49.4 Å². The lowest BCUT2D eigenvalue weighted by Gasteiger charge is -2.14. The van der Waals surface area contributed by atoms with Gasteiger partial charge in [0.25, 0.3) is 5.91 Å². The van der Waals surface area contributed by atoms with E-state index < -0.39 is 0 Å². The first-order chi connectivity index (χ1) is 12.1. The topological polar surface area (TPSA) is 59.8 Å². The van der Waals surface area contributed by atoms with Gasteiger partial charge in [-0.3, -0.25) is 9.78 Å². The van der Waals surface area contributed by atoms with Crippen LogP contribution in [0, 0.1) is 6.92 Å². The number of carbonyl (C=O) groups excluding carboxylic acids is 1. The summed E-state index contributed by atoms with van der Waals surface area (Å²) in [5.74, 6) is -0.230. The summed E-state index contributed by atoms with van der Waals surface area (Å²) in [5, 5.41) is 7.74. The molecule has 3 aromatic rings. The molecule has 2 heterocycles. The lowest BCUT2D eigenvalue weighted by Crippen LogP contribution is -2.27. The van der Waals surface area contributed by atoms with Gasteiger partial charge in [-0.25, -0.2) is 4.68 Å². The number of aromatic nitrogens is 3. The number of rotatable bonds is 5. The molecule has 1 amide bonds. The Kier molecular flexibility index (Phi) is 5.14. The summed E-state index contributed by atoms with van der Waals surface area (Å²) < 4.78 is 1.65. The molecule has 2 aromatic heterocycles. The van der Waals surface area contributed by atoms with Gasteiger partial charge >= 0.3 is 0 Å². The first-order valence-electron chi connectivity index (χ1n) is 8.04. The molecule has 0 saturated heterocycles. The Morgan fingerprint density at radius 2 is 1.88 bits per heavy atom. The van der Waals surface area contributed by atoms with Crippen molar-refractivity contribution in [3.05, 3.63) is 82.4 Å². The Morgan fingerprint density at radius 3 is 2.56 bits per heavy atom. The third-order valence-electron chi connectivity index (χ3n) is 4.02. The van der Waals surface area contributed by atoms with E-state index >= 15 is 0 Å². The van der Waals surface area contributed by atoms with E-state index in [4.69, 9.17) is 11.6 Å². The Bertz CT molecular complexity index is 862. The molecule has 1 aromatic carbocycles. The minimum atomic E-state index is -0.230. The minimum absolute atomic E-state index is 0.150. The number of amides is 1. The zero-order chi connectivity index (χ0) is 17.8. The smallest absolute Gasteiger partial charge is 0.256 e. The average molecular weight is 355 g/mol. The van der Waals surface area contributed by atoms with Crippen molar-refractivity contribution in [2.24, 2.45) is 0 Å². The van der Waals surface area contributed by atoms with Crippen molar-refractivity contribution < 1.29 is 4.79 Å². The van der Waals surface area contributed by atoms with E-state index in [1.54, 1.807) is 24.0 Å². The fraction of sp³-hybridized carbons (Fsp3) is 0.211. The predicted molar refractivity (Wildman–Crippen MR) is 97.6 cm³/mol. The van der Waals surface area contributed by atoms with Gasteiger partial charge in [0.2, 0.25) is 0 Å². The van der Waals surface area contributed by atoms with Crippen molar-refractivity contribution in [1.29, 1.82) is 0 Å². The summed E-state index contributed by atoms with van der Waals surface area (Å²) in [5.41, 5.74) is 3.08. The van der Waals surface area contributed by atoms with Gasteiger partial charge in [-0.05, 0) is 37.1 Å². The van der Waals surface area contributed by atoms with Gasteiger partial charge in [-0.1, -0.05) is 41.9 Å².